The maximum absolute atomic E-state index is 12.4. The molecule has 106 valence electrons. The first-order valence-corrected chi connectivity index (χ1v) is 7.20. The molecule has 0 aromatic heterocycles. The number of amides is 2. The number of nitrogens with zero attached hydrogens (tertiary/aromatic N) is 2. The zero-order chi connectivity index (χ0) is 13.2. The van der Waals surface area contributed by atoms with Crippen molar-refractivity contribution in [1.82, 2.24) is 15.3 Å². The molecule has 0 aromatic rings. The van der Waals surface area contributed by atoms with Crippen LogP contribution < -0.4 is 5.43 Å². The van der Waals surface area contributed by atoms with Crippen molar-refractivity contribution >= 4 is 11.8 Å². The van der Waals surface area contributed by atoms with Gasteiger partial charge in [0.05, 0.1) is 19.6 Å². The lowest BCUT2D eigenvalue weighted by atomic mass is 10.2. The molecule has 1 unspecified atom stereocenters. The Morgan fingerprint density at radius 2 is 1.79 bits per heavy atom. The standard InChI is InChI=1S/C13H21N3O3/c17-12-9-11(14-15-5-7-19-8-6-15)13(18)16(12)10-3-1-2-4-10/h10-11,14H,1-9H2. The normalized spacial score (nSPS) is 30.5. The van der Waals surface area contributed by atoms with Gasteiger partial charge < -0.3 is 4.74 Å². The summed E-state index contributed by atoms with van der Waals surface area (Å²) in [6.07, 6.45) is 4.50. The summed E-state index contributed by atoms with van der Waals surface area (Å²) in [4.78, 5) is 25.9. The van der Waals surface area contributed by atoms with Gasteiger partial charge >= 0.3 is 0 Å². The first-order valence-electron chi connectivity index (χ1n) is 7.20. The van der Waals surface area contributed by atoms with E-state index in [1.54, 1.807) is 0 Å². The second-order valence-electron chi connectivity index (χ2n) is 5.53. The molecule has 0 radical (unpaired) electrons. The quantitative estimate of drug-likeness (QED) is 0.723. The Hall–Kier alpha value is -0.980. The van der Waals surface area contributed by atoms with Crippen molar-refractivity contribution in [3.63, 3.8) is 0 Å². The van der Waals surface area contributed by atoms with Crippen molar-refractivity contribution in [1.29, 1.82) is 0 Å². The number of rotatable bonds is 3. The SMILES string of the molecule is O=C1CC(NN2CCOCC2)C(=O)N1C1CCCC1. The number of likely N-dealkylation sites (tertiary alicyclic amines) is 1. The molecule has 1 atom stereocenters. The molecule has 2 saturated heterocycles. The Labute approximate surface area is 113 Å². The summed E-state index contributed by atoms with van der Waals surface area (Å²) in [5, 5.41) is 2.00. The molecule has 2 heterocycles. The summed E-state index contributed by atoms with van der Waals surface area (Å²) in [6, 6.07) is -0.220. The lowest BCUT2D eigenvalue weighted by molar-refractivity contribution is -0.142. The molecule has 6 nitrogen and oxygen atoms in total. The van der Waals surface area contributed by atoms with Crippen LogP contribution in [0.15, 0.2) is 0 Å². The first-order chi connectivity index (χ1) is 9.25. The fraction of sp³-hybridized carbons (Fsp3) is 0.846. The molecule has 1 N–H and O–H groups in total. The summed E-state index contributed by atoms with van der Waals surface area (Å²) >= 11 is 0. The summed E-state index contributed by atoms with van der Waals surface area (Å²) in [7, 11) is 0. The Morgan fingerprint density at radius 3 is 2.47 bits per heavy atom. The zero-order valence-corrected chi connectivity index (χ0v) is 11.1. The van der Waals surface area contributed by atoms with Crippen LogP contribution in [0.3, 0.4) is 0 Å². The van der Waals surface area contributed by atoms with Crippen LogP contribution in [-0.4, -0.2) is 60.1 Å². The summed E-state index contributed by atoms with van der Waals surface area (Å²) in [5.74, 6) is -0.0500. The van der Waals surface area contributed by atoms with Gasteiger partial charge in [-0.05, 0) is 12.8 Å². The highest BCUT2D eigenvalue weighted by molar-refractivity contribution is 6.05. The van der Waals surface area contributed by atoms with Gasteiger partial charge in [-0.2, -0.15) is 0 Å². The van der Waals surface area contributed by atoms with Gasteiger partial charge in [-0.3, -0.25) is 14.5 Å². The molecular formula is C13H21N3O3. The second kappa shape index (κ2) is 5.56. The summed E-state index contributed by atoms with van der Waals surface area (Å²) in [5.41, 5.74) is 3.19. The molecule has 2 amide bonds. The van der Waals surface area contributed by atoms with Gasteiger partial charge in [0, 0.05) is 19.1 Å². The predicted molar refractivity (Wildman–Crippen MR) is 68.0 cm³/mol. The van der Waals surface area contributed by atoms with Crippen LogP contribution >= 0.6 is 0 Å². The molecule has 0 aromatic carbocycles. The fourth-order valence-electron chi connectivity index (χ4n) is 3.21. The number of hydrogen-bond acceptors (Lipinski definition) is 5. The Kier molecular flexibility index (Phi) is 3.81. The van der Waals surface area contributed by atoms with Crippen LogP contribution in [0.1, 0.15) is 32.1 Å². The largest absolute Gasteiger partial charge is 0.379 e. The Morgan fingerprint density at radius 1 is 1.11 bits per heavy atom. The van der Waals surface area contributed by atoms with Gasteiger partial charge in [0.15, 0.2) is 0 Å². The zero-order valence-electron chi connectivity index (χ0n) is 11.1. The fourth-order valence-corrected chi connectivity index (χ4v) is 3.21. The minimum Gasteiger partial charge on any atom is -0.379 e. The monoisotopic (exact) mass is 267 g/mol. The number of carbonyl (C=O) groups excluding carboxylic acids is 2. The van der Waals surface area contributed by atoms with E-state index in [0.29, 0.717) is 19.6 Å². The molecule has 3 rings (SSSR count). The van der Waals surface area contributed by atoms with Crippen LogP contribution in [0.25, 0.3) is 0 Å². The lowest BCUT2D eigenvalue weighted by Crippen LogP contribution is -2.53. The van der Waals surface area contributed by atoms with Gasteiger partial charge in [0.2, 0.25) is 11.8 Å². The number of ether oxygens (including phenoxy) is 1. The third kappa shape index (κ3) is 2.66. The van der Waals surface area contributed by atoms with E-state index in [4.69, 9.17) is 4.74 Å². The molecule has 3 fully saturated rings. The Balaban J connectivity index is 1.61. The number of hydrazine groups is 1. The molecule has 1 saturated carbocycles. The van der Waals surface area contributed by atoms with Crippen LogP contribution in [0.4, 0.5) is 0 Å². The molecule has 2 aliphatic heterocycles. The third-order valence-electron chi connectivity index (χ3n) is 4.22. The highest BCUT2D eigenvalue weighted by atomic mass is 16.5. The average Bonchev–Trinajstić information content (AvgIpc) is 3.01. The van der Waals surface area contributed by atoms with Crippen LogP contribution in [0.5, 0.6) is 0 Å². The number of morpholine rings is 1. The molecule has 6 heteroatoms. The highest BCUT2D eigenvalue weighted by Crippen LogP contribution is 2.28. The minimum absolute atomic E-state index is 0.0114. The van der Waals surface area contributed by atoms with Crippen molar-refractivity contribution in [2.75, 3.05) is 26.3 Å². The predicted octanol–water partition coefficient (Wildman–Crippen LogP) is -0.107. The van der Waals surface area contributed by atoms with Crippen molar-refractivity contribution in [2.45, 2.75) is 44.2 Å². The van der Waals surface area contributed by atoms with Crippen molar-refractivity contribution in [2.24, 2.45) is 0 Å². The molecule has 1 aliphatic carbocycles. The van der Waals surface area contributed by atoms with E-state index >= 15 is 0 Å². The average molecular weight is 267 g/mol. The van der Waals surface area contributed by atoms with E-state index in [9.17, 15) is 9.59 Å². The van der Waals surface area contributed by atoms with Crippen molar-refractivity contribution in [3.05, 3.63) is 0 Å². The van der Waals surface area contributed by atoms with E-state index in [2.05, 4.69) is 5.43 Å². The topological polar surface area (TPSA) is 61.9 Å². The lowest BCUT2D eigenvalue weighted by Gasteiger charge is -2.29. The number of carbonyl (C=O) groups is 2. The van der Waals surface area contributed by atoms with Crippen molar-refractivity contribution < 1.29 is 14.3 Å². The van der Waals surface area contributed by atoms with E-state index in [0.717, 1.165) is 38.8 Å². The third-order valence-corrected chi connectivity index (χ3v) is 4.22. The van der Waals surface area contributed by atoms with Crippen molar-refractivity contribution in [3.8, 4) is 0 Å². The van der Waals surface area contributed by atoms with Gasteiger partial charge in [-0.1, -0.05) is 12.8 Å². The first kappa shape index (κ1) is 13.0. The number of nitrogens with one attached hydrogen (secondary N) is 1. The number of hydrogen-bond donors (Lipinski definition) is 1. The van der Waals surface area contributed by atoms with Gasteiger partial charge in [-0.25, -0.2) is 10.4 Å². The van der Waals surface area contributed by atoms with E-state index in [1.807, 2.05) is 5.01 Å². The Bertz CT molecular complexity index is 362. The maximum atomic E-state index is 12.4. The molecule has 19 heavy (non-hydrogen) atoms. The molecule has 0 bridgehead atoms. The van der Waals surface area contributed by atoms with E-state index in [1.165, 1.54) is 4.90 Å². The van der Waals surface area contributed by atoms with E-state index < -0.39 is 0 Å². The van der Waals surface area contributed by atoms with Crippen LogP contribution in [-0.2, 0) is 14.3 Å². The van der Waals surface area contributed by atoms with Gasteiger partial charge in [-0.15, -0.1) is 0 Å². The number of imide groups is 1. The smallest absolute Gasteiger partial charge is 0.248 e. The van der Waals surface area contributed by atoms with Crippen LogP contribution in [0.2, 0.25) is 0 Å². The summed E-state index contributed by atoms with van der Waals surface area (Å²) < 4.78 is 5.27. The molecule has 3 aliphatic rings. The second-order valence-corrected chi connectivity index (χ2v) is 5.53. The van der Waals surface area contributed by atoms with E-state index in [-0.39, 0.29) is 23.9 Å². The minimum atomic E-state index is -0.369. The highest BCUT2D eigenvalue weighted by Gasteiger charge is 2.43. The van der Waals surface area contributed by atoms with Gasteiger partial charge in [0.1, 0.15) is 6.04 Å². The molecule has 0 spiro atoms. The maximum Gasteiger partial charge on any atom is 0.248 e. The van der Waals surface area contributed by atoms with Crippen LogP contribution in [0, 0.1) is 0 Å². The molecular weight excluding hydrogens is 246 g/mol. The van der Waals surface area contributed by atoms with Gasteiger partial charge in [0.25, 0.3) is 0 Å². The summed E-state index contributed by atoms with van der Waals surface area (Å²) in [6.45, 7) is 2.88.